The van der Waals surface area contributed by atoms with E-state index < -0.39 is 5.97 Å². The van der Waals surface area contributed by atoms with E-state index in [1.54, 1.807) is 23.5 Å². The first-order valence-electron chi connectivity index (χ1n) is 5.86. The third-order valence-electron chi connectivity index (χ3n) is 3.13. The molecular formula is C14H11BrO3S. The molecule has 1 N–H and O–H groups in total. The quantitative estimate of drug-likeness (QED) is 0.847. The lowest BCUT2D eigenvalue weighted by molar-refractivity contribution is 0.0696. The van der Waals surface area contributed by atoms with Crippen LogP contribution in [0.4, 0.5) is 0 Å². The molecule has 2 aromatic rings. The van der Waals surface area contributed by atoms with Crippen molar-refractivity contribution in [2.75, 3.05) is 0 Å². The van der Waals surface area contributed by atoms with Gasteiger partial charge >= 0.3 is 5.97 Å². The fraction of sp³-hybridized carbons (Fsp3) is 0.214. The van der Waals surface area contributed by atoms with Crippen LogP contribution in [0.2, 0.25) is 0 Å². The minimum atomic E-state index is -0.940. The molecule has 0 bridgehead atoms. The Morgan fingerprint density at radius 3 is 3.05 bits per heavy atom. The summed E-state index contributed by atoms with van der Waals surface area (Å²) >= 11 is 4.92. The molecule has 0 spiro atoms. The van der Waals surface area contributed by atoms with Gasteiger partial charge in [0.05, 0.1) is 5.56 Å². The third-order valence-corrected chi connectivity index (χ3v) is 4.77. The molecule has 0 aliphatic carbocycles. The zero-order valence-corrected chi connectivity index (χ0v) is 12.5. The van der Waals surface area contributed by atoms with Crippen LogP contribution in [0, 0.1) is 0 Å². The van der Waals surface area contributed by atoms with Crippen molar-refractivity contribution in [2.45, 2.75) is 19.4 Å². The first-order valence-corrected chi connectivity index (χ1v) is 7.53. The van der Waals surface area contributed by atoms with Crippen LogP contribution in [-0.2, 0) is 6.42 Å². The smallest absolute Gasteiger partial charge is 0.336 e. The minimum absolute atomic E-state index is 0.0807. The number of carbonyl (C=O) groups is 1. The molecule has 1 aliphatic rings. The maximum atomic E-state index is 11.2. The number of ether oxygens (including phenoxy) is 1. The maximum absolute atomic E-state index is 11.2. The first kappa shape index (κ1) is 12.7. The Bertz CT molecular complexity index is 663. The van der Waals surface area contributed by atoms with Crippen LogP contribution in [0.25, 0.3) is 10.4 Å². The van der Waals surface area contributed by atoms with E-state index in [0.717, 1.165) is 22.6 Å². The van der Waals surface area contributed by atoms with Crippen LogP contribution in [0.5, 0.6) is 5.75 Å². The van der Waals surface area contributed by atoms with Crippen LogP contribution in [0.1, 0.15) is 22.8 Å². The van der Waals surface area contributed by atoms with Crippen molar-refractivity contribution in [1.82, 2.24) is 0 Å². The molecule has 1 aliphatic heterocycles. The Morgan fingerprint density at radius 2 is 2.32 bits per heavy atom. The third kappa shape index (κ3) is 2.17. The Morgan fingerprint density at radius 1 is 1.53 bits per heavy atom. The summed E-state index contributed by atoms with van der Waals surface area (Å²) in [5.41, 5.74) is 2.35. The summed E-state index contributed by atoms with van der Waals surface area (Å²) in [7, 11) is 0. The van der Waals surface area contributed by atoms with E-state index in [0.29, 0.717) is 4.47 Å². The van der Waals surface area contributed by atoms with Gasteiger partial charge in [-0.3, -0.25) is 0 Å². The average Bonchev–Trinajstić information content (AvgIpc) is 2.72. The van der Waals surface area contributed by atoms with Crippen molar-refractivity contribution in [3.63, 3.8) is 0 Å². The van der Waals surface area contributed by atoms with Crippen molar-refractivity contribution in [3.8, 4) is 16.2 Å². The molecule has 0 radical (unpaired) electrons. The van der Waals surface area contributed by atoms with Gasteiger partial charge in [0, 0.05) is 21.3 Å². The zero-order valence-electron chi connectivity index (χ0n) is 10.1. The fourth-order valence-corrected chi connectivity index (χ4v) is 3.74. The van der Waals surface area contributed by atoms with E-state index in [2.05, 4.69) is 22.0 Å². The monoisotopic (exact) mass is 338 g/mol. The molecule has 2 heterocycles. The lowest BCUT2D eigenvalue weighted by Gasteiger charge is -2.14. The van der Waals surface area contributed by atoms with Crippen molar-refractivity contribution in [3.05, 3.63) is 39.2 Å². The van der Waals surface area contributed by atoms with Gasteiger partial charge in [-0.15, -0.1) is 11.3 Å². The van der Waals surface area contributed by atoms with Crippen LogP contribution in [0.3, 0.4) is 0 Å². The lowest BCUT2D eigenvalue weighted by atomic mass is 10.0. The average molecular weight is 339 g/mol. The predicted molar refractivity (Wildman–Crippen MR) is 78.2 cm³/mol. The van der Waals surface area contributed by atoms with Crippen LogP contribution in [-0.4, -0.2) is 17.2 Å². The Kier molecular flexibility index (Phi) is 3.11. The summed E-state index contributed by atoms with van der Waals surface area (Å²) in [5.74, 6) is -0.198. The van der Waals surface area contributed by atoms with Gasteiger partial charge in [-0.2, -0.15) is 0 Å². The number of thiophene rings is 1. The van der Waals surface area contributed by atoms with Crippen molar-refractivity contribution in [2.24, 2.45) is 0 Å². The molecular weight excluding hydrogens is 328 g/mol. The second kappa shape index (κ2) is 4.65. The molecule has 0 amide bonds. The fourth-order valence-electron chi connectivity index (χ4n) is 2.29. The van der Waals surface area contributed by atoms with Crippen LogP contribution >= 0.6 is 27.3 Å². The highest BCUT2D eigenvalue weighted by molar-refractivity contribution is 9.10. The summed E-state index contributed by atoms with van der Waals surface area (Å²) < 4.78 is 6.44. The van der Waals surface area contributed by atoms with Crippen LogP contribution in [0.15, 0.2) is 28.1 Å². The summed E-state index contributed by atoms with van der Waals surface area (Å²) in [4.78, 5) is 12.3. The number of hydrogen-bond donors (Lipinski definition) is 1. The van der Waals surface area contributed by atoms with Gasteiger partial charge in [-0.25, -0.2) is 4.79 Å². The van der Waals surface area contributed by atoms with E-state index in [9.17, 15) is 9.90 Å². The number of rotatable bonds is 1. The van der Waals surface area contributed by atoms with Gasteiger partial charge in [-0.05, 0) is 52.0 Å². The molecule has 19 heavy (non-hydrogen) atoms. The van der Waals surface area contributed by atoms with E-state index in [4.69, 9.17) is 4.74 Å². The summed E-state index contributed by atoms with van der Waals surface area (Å²) in [5, 5.41) is 11.3. The molecule has 3 rings (SSSR count). The maximum Gasteiger partial charge on any atom is 0.336 e. The van der Waals surface area contributed by atoms with Gasteiger partial charge in [-0.1, -0.05) is 0 Å². The SMILES string of the molecule is C[C@H]1Cc2ccsc2-c2cc(C(=O)O)c(Br)cc2O1. The van der Waals surface area contributed by atoms with Gasteiger partial charge in [0.25, 0.3) is 0 Å². The molecule has 1 atom stereocenters. The molecule has 0 unspecified atom stereocenters. The van der Waals surface area contributed by atoms with Gasteiger partial charge in [0.1, 0.15) is 11.9 Å². The number of halogens is 1. The second-order valence-corrected chi connectivity index (χ2v) is 6.31. The van der Waals surface area contributed by atoms with E-state index >= 15 is 0 Å². The Balaban J connectivity index is 2.27. The van der Waals surface area contributed by atoms with Crippen LogP contribution < -0.4 is 4.74 Å². The van der Waals surface area contributed by atoms with E-state index in [1.807, 2.05) is 12.3 Å². The Hall–Kier alpha value is -1.33. The second-order valence-electron chi connectivity index (χ2n) is 4.54. The lowest BCUT2D eigenvalue weighted by Crippen LogP contribution is -2.13. The molecule has 0 saturated heterocycles. The zero-order chi connectivity index (χ0) is 13.6. The summed E-state index contributed by atoms with van der Waals surface area (Å²) in [6.07, 6.45) is 0.922. The topological polar surface area (TPSA) is 46.5 Å². The molecule has 0 saturated carbocycles. The molecule has 3 nitrogen and oxygen atoms in total. The standard InChI is InChI=1S/C14H11BrO3S/c1-7-4-8-2-3-19-13(8)10-5-9(14(16)17)11(15)6-12(10)18-7/h2-3,5-7H,4H2,1H3,(H,16,17)/t7-/m0/s1. The van der Waals surface area contributed by atoms with Crippen molar-refractivity contribution >= 4 is 33.2 Å². The minimum Gasteiger partial charge on any atom is -0.490 e. The predicted octanol–water partition coefficient (Wildman–Crippen LogP) is 4.20. The molecule has 1 aromatic heterocycles. The normalized spacial score (nSPS) is 17.1. The number of fused-ring (bicyclic) bond motifs is 3. The van der Waals surface area contributed by atoms with Crippen molar-refractivity contribution in [1.29, 1.82) is 0 Å². The number of carboxylic acids is 1. The highest BCUT2D eigenvalue weighted by Crippen LogP contribution is 2.42. The van der Waals surface area contributed by atoms with E-state index in [-0.39, 0.29) is 11.7 Å². The van der Waals surface area contributed by atoms with Gasteiger partial charge in [0.15, 0.2) is 0 Å². The largest absolute Gasteiger partial charge is 0.490 e. The number of carboxylic acid groups (broad SMARTS) is 1. The molecule has 1 aromatic carbocycles. The highest BCUT2D eigenvalue weighted by Gasteiger charge is 2.23. The summed E-state index contributed by atoms with van der Waals surface area (Å²) in [6.45, 7) is 2.02. The van der Waals surface area contributed by atoms with Gasteiger partial charge in [0.2, 0.25) is 0 Å². The first-order chi connectivity index (χ1) is 9.06. The molecule has 0 fully saturated rings. The van der Waals surface area contributed by atoms with Crippen molar-refractivity contribution < 1.29 is 14.6 Å². The highest BCUT2D eigenvalue weighted by atomic mass is 79.9. The Labute approximate surface area is 123 Å². The van der Waals surface area contributed by atoms with E-state index in [1.165, 1.54) is 5.56 Å². The number of hydrogen-bond acceptors (Lipinski definition) is 3. The molecule has 98 valence electrons. The summed E-state index contributed by atoms with van der Waals surface area (Å²) in [6, 6.07) is 5.52. The molecule has 5 heteroatoms. The van der Waals surface area contributed by atoms with Gasteiger partial charge < -0.3 is 9.84 Å². The number of aromatic carboxylic acids is 1. The number of benzene rings is 1.